The molecule has 0 radical (unpaired) electrons. The molecule has 3 nitrogen and oxygen atoms in total. The summed E-state index contributed by atoms with van der Waals surface area (Å²) in [6.07, 6.45) is 0.873. The summed E-state index contributed by atoms with van der Waals surface area (Å²) in [5.41, 5.74) is 0.143. The van der Waals surface area contributed by atoms with Crippen molar-refractivity contribution < 1.29 is 9.18 Å². The summed E-state index contributed by atoms with van der Waals surface area (Å²) in [6, 6.07) is 5.01. The Bertz CT molecular complexity index is 449. The van der Waals surface area contributed by atoms with Gasteiger partial charge in [-0.25, -0.2) is 4.39 Å². The Morgan fingerprint density at radius 2 is 2.28 bits per heavy atom. The van der Waals surface area contributed by atoms with Gasteiger partial charge in [-0.3, -0.25) is 4.79 Å². The molecule has 1 aliphatic heterocycles. The largest absolute Gasteiger partial charge is 0.333 e. The Morgan fingerprint density at radius 3 is 2.83 bits per heavy atom. The number of nitrogens with one attached hydrogen (secondary N) is 1. The summed E-state index contributed by atoms with van der Waals surface area (Å²) in [5, 5.41) is 3.14. The lowest BCUT2D eigenvalue weighted by molar-refractivity contribution is 0.0611. The average Bonchev–Trinajstić information content (AvgIpc) is 2.29. The van der Waals surface area contributed by atoms with Gasteiger partial charge in [-0.2, -0.15) is 0 Å². The van der Waals surface area contributed by atoms with Crippen molar-refractivity contribution in [2.24, 2.45) is 0 Å². The minimum absolute atomic E-state index is 0.143. The quantitative estimate of drug-likeness (QED) is 0.925. The highest BCUT2D eigenvalue weighted by atomic mass is 79.9. The highest BCUT2D eigenvalue weighted by molar-refractivity contribution is 9.10. The Balaban J connectivity index is 2.24. The third-order valence-corrected chi connectivity index (χ3v) is 3.72. The Kier molecular flexibility index (Phi) is 4.35. The summed E-state index contributed by atoms with van der Waals surface area (Å²) in [4.78, 5) is 14.1. The molecular formula is C13H16BrFN2O. The number of halogens is 2. The summed E-state index contributed by atoms with van der Waals surface area (Å²) in [6.45, 7) is 4.27. The van der Waals surface area contributed by atoms with Crippen LogP contribution >= 0.6 is 15.9 Å². The molecule has 1 aromatic carbocycles. The van der Waals surface area contributed by atoms with Crippen LogP contribution in [-0.2, 0) is 0 Å². The van der Waals surface area contributed by atoms with Crippen molar-refractivity contribution in [3.05, 3.63) is 34.1 Å². The molecule has 18 heavy (non-hydrogen) atoms. The number of amides is 1. The van der Waals surface area contributed by atoms with Crippen LogP contribution in [0, 0.1) is 5.82 Å². The molecule has 0 aliphatic carbocycles. The molecule has 98 valence electrons. The normalized spacial score (nSPS) is 15.3. The maximum atomic E-state index is 13.9. The molecule has 1 N–H and O–H groups in total. The van der Waals surface area contributed by atoms with Crippen LogP contribution in [-0.4, -0.2) is 36.5 Å². The highest BCUT2D eigenvalue weighted by Crippen LogP contribution is 2.21. The minimum Gasteiger partial charge on any atom is -0.333 e. The van der Waals surface area contributed by atoms with Crippen molar-refractivity contribution in [2.45, 2.75) is 19.4 Å². The number of rotatable bonds is 4. The van der Waals surface area contributed by atoms with E-state index in [-0.39, 0.29) is 17.5 Å². The fraction of sp³-hybridized carbons (Fsp3) is 0.462. The molecule has 2 rings (SSSR count). The van der Waals surface area contributed by atoms with Crippen LogP contribution in [0.5, 0.6) is 0 Å². The molecule has 0 aromatic heterocycles. The molecule has 1 saturated heterocycles. The molecule has 1 heterocycles. The van der Waals surface area contributed by atoms with Crippen molar-refractivity contribution >= 4 is 21.8 Å². The number of hydrogen-bond acceptors (Lipinski definition) is 2. The van der Waals surface area contributed by atoms with Crippen LogP contribution in [0.1, 0.15) is 23.7 Å². The lowest BCUT2D eigenvalue weighted by atomic mass is 10.1. The van der Waals surface area contributed by atoms with E-state index in [1.54, 1.807) is 17.0 Å². The number of carbonyl (C=O) groups excluding carboxylic acids is 1. The number of hydrogen-bond donors (Lipinski definition) is 1. The second-order valence-corrected chi connectivity index (χ2v) is 5.27. The first-order valence-corrected chi connectivity index (χ1v) is 6.90. The molecule has 0 spiro atoms. The van der Waals surface area contributed by atoms with Crippen molar-refractivity contribution in [2.75, 3.05) is 19.6 Å². The van der Waals surface area contributed by atoms with Crippen molar-refractivity contribution in [1.82, 2.24) is 10.2 Å². The maximum Gasteiger partial charge on any atom is 0.257 e. The first-order valence-electron chi connectivity index (χ1n) is 6.10. The second kappa shape index (κ2) is 5.80. The van der Waals surface area contributed by atoms with Gasteiger partial charge in [-0.1, -0.05) is 13.0 Å². The molecule has 1 aliphatic rings. The molecule has 0 bridgehead atoms. The standard InChI is InChI=1S/C13H16BrFN2O/c1-2-6-17(9-7-16-8-9)13(18)10-4-3-5-11(14)12(10)15/h3-5,9,16H,2,6-8H2,1H3. The predicted octanol–water partition coefficient (Wildman–Crippen LogP) is 2.41. The van der Waals surface area contributed by atoms with E-state index in [4.69, 9.17) is 0 Å². The SMILES string of the molecule is CCCN(C(=O)c1cccc(Br)c1F)C1CNC1. The fourth-order valence-corrected chi connectivity index (χ4v) is 2.37. The first-order chi connectivity index (χ1) is 8.65. The van der Waals surface area contributed by atoms with Crippen LogP contribution in [0.4, 0.5) is 4.39 Å². The van der Waals surface area contributed by atoms with Gasteiger partial charge in [-0.15, -0.1) is 0 Å². The van der Waals surface area contributed by atoms with Gasteiger partial charge in [-0.05, 0) is 34.5 Å². The molecular weight excluding hydrogens is 299 g/mol. The van der Waals surface area contributed by atoms with E-state index in [0.29, 0.717) is 11.0 Å². The van der Waals surface area contributed by atoms with Gasteiger partial charge in [0.05, 0.1) is 16.1 Å². The number of nitrogens with zero attached hydrogens (tertiary/aromatic N) is 1. The average molecular weight is 315 g/mol. The topological polar surface area (TPSA) is 32.3 Å². The third kappa shape index (κ3) is 2.57. The zero-order valence-corrected chi connectivity index (χ0v) is 11.8. The minimum atomic E-state index is -0.476. The van der Waals surface area contributed by atoms with Crippen molar-refractivity contribution in [3.8, 4) is 0 Å². The Morgan fingerprint density at radius 1 is 1.56 bits per heavy atom. The van der Waals surface area contributed by atoms with Gasteiger partial charge in [0.25, 0.3) is 5.91 Å². The molecule has 1 fully saturated rings. The smallest absolute Gasteiger partial charge is 0.257 e. The fourth-order valence-electron chi connectivity index (χ4n) is 2.01. The highest BCUT2D eigenvalue weighted by Gasteiger charge is 2.30. The Labute approximate surface area is 114 Å². The van der Waals surface area contributed by atoms with Gasteiger partial charge in [0.1, 0.15) is 5.82 Å². The Hall–Kier alpha value is -0.940. The van der Waals surface area contributed by atoms with Crippen molar-refractivity contribution in [1.29, 1.82) is 0 Å². The predicted molar refractivity (Wildman–Crippen MR) is 72.1 cm³/mol. The van der Waals surface area contributed by atoms with Gasteiger partial charge >= 0.3 is 0 Å². The van der Waals surface area contributed by atoms with E-state index < -0.39 is 5.82 Å². The summed E-state index contributed by atoms with van der Waals surface area (Å²) in [7, 11) is 0. The first kappa shape index (κ1) is 13.5. The lowest BCUT2D eigenvalue weighted by Gasteiger charge is -2.38. The van der Waals surface area contributed by atoms with Crippen LogP contribution in [0.2, 0.25) is 0 Å². The summed E-state index contributed by atoms with van der Waals surface area (Å²) < 4.78 is 14.3. The molecule has 1 amide bonds. The summed E-state index contributed by atoms with van der Waals surface area (Å²) in [5.74, 6) is -0.696. The molecule has 1 aromatic rings. The lowest BCUT2D eigenvalue weighted by Crippen LogP contribution is -2.59. The van der Waals surface area contributed by atoms with E-state index >= 15 is 0 Å². The molecule has 0 unspecified atom stereocenters. The van der Waals surface area contributed by atoms with Gasteiger partial charge in [0.15, 0.2) is 0 Å². The van der Waals surface area contributed by atoms with Crippen LogP contribution in [0.3, 0.4) is 0 Å². The van der Waals surface area contributed by atoms with E-state index in [2.05, 4.69) is 21.2 Å². The summed E-state index contributed by atoms with van der Waals surface area (Å²) >= 11 is 3.11. The van der Waals surface area contributed by atoms with Gasteiger partial charge in [0.2, 0.25) is 0 Å². The van der Waals surface area contributed by atoms with E-state index in [9.17, 15) is 9.18 Å². The van der Waals surface area contributed by atoms with Crippen molar-refractivity contribution in [3.63, 3.8) is 0 Å². The maximum absolute atomic E-state index is 13.9. The molecule has 0 atom stereocenters. The van der Waals surface area contributed by atoms with Crippen LogP contribution in [0.25, 0.3) is 0 Å². The molecule has 0 saturated carbocycles. The monoisotopic (exact) mass is 314 g/mol. The zero-order valence-electron chi connectivity index (χ0n) is 10.2. The van der Waals surface area contributed by atoms with Gasteiger partial charge < -0.3 is 10.2 Å². The van der Waals surface area contributed by atoms with E-state index in [1.165, 1.54) is 6.07 Å². The zero-order chi connectivity index (χ0) is 13.1. The number of carbonyl (C=O) groups is 1. The van der Waals surface area contributed by atoms with Gasteiger partial charge in [0, 0.05) is 19.6 Å². The molecule has 5 heteroatoms. The van der Waals surface area contributed by atoms with E-state index in [0.717, 1.165) is 19.5 Å². The number of benzene rings is 1. The third-order valence-electron chi connectivity index (χ3n) is 3.11. The second-order valence-electron chi connectivity index (χ2n) is 4.41. The van der Waals surface area contributed by atoms with Crippen LogP contribution in [0.15, 0.2) is 22.7 Å². The van der Waals surface area contributed by atoms with E-state index in [1.807, 2.05) is 6.92 Å². The van der Waals surface area contributed by atoms with Crippen LogP contribution < -0.4 is 5.32 Å².